The molecular formula is C17H22N4O2. The Bertz CT molecular complexity index is 717. The summed E-state index contributed by atoms with van der Waals surface area (Å²) in [4.78, 5) is 12.1. The molecule has 1 aromatic carbocycles. The second-order valence-electron chi connectivity index (χ2n) is 6.15. The summed E-state index contributed by atoms with van der Waals surface area (Å²) < 4.78 is 7.03. The maximum atomic E-state index is 12.1. The minimum absolute atomic E-state index is 0.0819. The molecule has 3 rings (SSSR count). The van der Waals surface area contributed by atoms with Crippen LogP contribution in [0.2, 0.25) is 0 Å². The number of nitrogens with one attached hydrogen (secondary N) is 1. The zero-order valence-electron chi connectivity index (χ0n) is 13.7. The molecule has 1 amide bonds. The highest BCUT2D eigenvalue weighted by molar-refractivity contribution is 5.89. The molecule has 1 fully saturated rings. The number of nitrogens with zero attached hydrogens (tertiary/aromatic N) is 2. The Balaban J connectivity index is 1.79. The average molecular weight is 314 g/mol. The normalized spacial score (nSPS) is 16.7. The number of ether oxygens (including phenoxy) is 1. The van der Waals surface area contributed by atoms with Crippen LogP contribution >= 0.6 is 0 Å². The first-order valence-electron chi connectivity index (χ1n) is 7.73. The molecule has 1 aliphatic carbocycles. The van der Waals surface area contributed by atoms with Gasteiger partial charge in [-0.25, -0.2) is 4.68 Å². The molecule has 0 bridgehead atoms. The van der Waals surface area contributed by atoms with Gasteiger partial charge in [-0.2, -0.15) is 5.10 Å². The van der Waals surface area contributed by atoms with Crippen LogP contribution in [-0.4, -0.2) is 28.3 Å². The molecule has 3 N–H and O–H groups in total. The molecule has 0 aliphatic heterocycles. The molecule has 2 aromatic rings. The molecule has 1 aromatic heterocycles. The van der Waals surface area contributed by atoms with E-state index in [9.17, 15) is 4.79 Å². The van der Waals surface area contributed by atoms with Crippen molar-refractivity contribution in [3.8, 4) is 11.4 Å². The van der Waals surface area contributed by atoms with Crippen LogP contribution in [-0.2, 0) is 4.79 Å². The van der Waals surface area contributed by atoms with Gasteiger partial charge in [0.1, 0.15) is 5.75 Å². The van der Waals surface area contributed by atoms with E-state index in [0.717, 1.165) is 35.5 Å². The van der Waals surface area contributed by atoms with E-state index < -0.39 is 5.54 Å². The van der Waals surface area contributed by atoms with Gasteiger partial charge in [-0.3, -0.25) is 4.79 Å². The number of hydrogen-bond donors (Lipinski definition) is 2. The quantitative estimate of drug-likeness (QED) is 0.882. The third-order valence-electron chi connectivity index (χ3n) is 4.42. The molecule has 122 valence electrons. The van der Waals surface area contributed by atoms with Crippen LogP contribution in [0.3, 0.4) is 0 Å². The van der Waals surface area contributed by atoms with Gasteiger partial charge in [0.15, 0.2) is 0 Å². The SMILES string of the molecule is COc1ccc(-n2ncc([C@@H](C)NC(=O)C3(N)CC3)c2C)cc1. The first-order valence-corrected chi connectivity index (χ1v) is 7.73. The minimum atomic E-state index is -0.659. The Morgan fingerprint density at radius 1 is 1.39 bits per heavy atom. The van der Waals surface area contributed by atoms with Crippen molar-refractivity contribution in [2.75, 3.05) is 7.11 Å². The number of nitrogens with two attached hydrogens (primary N) is 1. The lowest BCUT2D eigenvalue weighted by atomic mass is 10.1. The second-order valence-corrected chi connectivity index (χ2v) is 6.15. The van der Waals surface area contributed by atoms with Crippen molar-refractivity contribution in [2.45, 2.75) is 38.3 Å². The summed E-state index contributed by atoms with van der Waals surface area (Å²) in [6.07, 6.45) is 3.31. The van der Waals surface area contributed by atoms with E-state index >= 15 is 0 Å². The Morgan fingerprint density at radius 2 is 2.04 bits per heavy atom. The van der Waals surface area contributed by atoms with Gasteiger partial charge in [-0.1, -0.05) is 0 Å². The maximum absolute atomic E-state index is 12.1. The fraction of sp³-hybridized carbons (Fsp3) is 0.412. The van der Waals surface area contributed by atoms with Crippen molar-refractivity contribution in [2.24, 2.45) is 5.73 Å². The number of rotatable bonds is 5. The third-order valence-corrected chi connectivity index (χ3v) is 4.42. The molecule has 1 saturated carbocycles. The molecule has 6 nitrogen and oxygen atoms in total. The average Bonchev–Trinajstić information content (AvgIpc) is 3.19. The maximum Gasteiger partial charge on any atom is 0.240 e. The summed E-state index contributed by atoms with van der Waals surface area (Å²) in [5, 5.41) is 7.43. The van der Waals surface area contributed by atoms with Crippen molar-refractivity contribution < 1.29 is 9.53 Å². The molecule has 0 unspecified atom stereocenters. The molecule has 0 radical (unpaired) electrons. The van der Waals surface area contributed by atoms with Crippen LogP contribution < -0.4 is 15.8 Å². The van der Waals surface area contributed by atoms with E-state index in [1.54, 1.807) is 13.3 Å². The first kappa shape index (κ1) is 15.6. The van der Waals surface area contributed by atoms with E-state index in [0.29, 0.717) is 0 Å². The van der Waals surface area contributed by atoms with Crippen LogP contribution in [0.25, 0.3) is 5.69 Å². The van der Waals surface area contributed by atoms with Gasteiger partial charge < -0.3 is 15.8 Å². The highest BCUT2D eigenvalue weighted by Crippen LogP contribution is 2.33. The van der Waals surface area contributed by atoms with Crippen LogP contribution in [0.1, 0.15) is 37.1 Å². The summed E-state index contributed by atoms with van der Waals surface area (Å²) in [5.41, 5.74) is 8.20. The Labute approximate surface area is 135 Å². The summed E-state index contributed by atoms with van der Waals surface area (Å²) in [5.74, 6) is 0.721. The number of amides is 1. The van der Waals surface area contributed by atoms with Crippen LogP contribution in [0.4, 0.5) is 0 Å². The van der Waals surface area contributed by atoms with Gasteiger partial charge in [-0.15, -0.1) is 0 Å². The van der Waals surface area contributed by atoms with E-state index in [2.05, 4.69) is 10.4 Å². The lowest BCUT2D eigenvalue weighted by Gasteiger charge is -2.17. The van der Waals surface area contributed by atoms with Crippen LogP contribution in [0, 0.1) is 6.92 Å². The van der Waals surface area contributed by atoms with Crippen molar-refractivity contribution in [1.29, 1.82) is 0 Å². The van der Waals surface area contributed by atoms with Crippen molar-refractivity contribution in [3.05, 3.63) is 41.7 Å². The zero-order chi connectivity index (χ0) is 16.6. The number of carbonyl (C=O) groups is 1. The monoisotopic (exact) mass is 314 g/mol. The van der Waals surface area contributed by atoms with Crippen LogP contribution in [0.15, 0.2) is 30.5 Å². The Morgan fingerprint density at radius 3 is 2.61 bits per heavy atom. The molecule has 23 heavy (non-hydrogen) atoms. The zero-order valence-corrected chi connectivity index (χ0v) is 13.7. The second kappa shape index (κ2) is 5.70. The largest absolute Gasteiger partial charge is 0.497 e. The van der Waals surface area contributed by atoms with Crippen molar-refractivity contribution in [3.63, 3.8) is 0 Å². The van der Waals surface area contributed by atoms with Gasteiger partial charge in [0.25, 0.3) is 0 Å². The van der Waals surface area contributed by atoms with Crippen molar-refractivity contribution >= 4 is 5.91 Å². The highest BCUT2D eigenvalue weighted by atomic mass is 16.5. The topological polar surface area (TPSA) is 82.2 Å². The van der Waals surface area contributed by atoms with E-state index in [1.165, 1.54) is 0 Å². The van der Waals surface area contributed by atoms with Gasteiger partial charge in [0.05, 0.1) is 30.6 Å². The van der Waals surface area contributed by atoms with E-state index in [4.69, 9.17) is 10.5 Å². The summed E-state index contributed by atoms with van der Waals surface area (Å²) >= 11 is 0. The number of carbonyl (C=O) groups excluding carboxylic acids is 1. The lowest BCUT2D eigenvalue weighted by Crippen LogP contribution is -2.43. The molecule has 1 heterocycles. The Hall–Kier alpha value is -2.34. The van der Waals surface area contributed by atoms with Gasteiger partial charge >= 0.3 is 0 Å². The fourth-order valence-corrected chi connectivity index (χ4v) is 2.61. The molecular weight excluding hydrogens is 292 g/mol. The third kappa shape index (κ3) is 2.94. The number of hydrogen-bond acceptors (Lipinski definition) is 4. The Kier molecular flexibility index (Phi) is 3.85. The van der Waals surface area contributed by atoms with E-state index in [-0.39, 0.29) is 11.9 Å². The highest BCUT2D eigenvalue weighted by Gasteiger charge is 2.46. The summed E-state index contributed by atoms with van der Waals surface area (Å²) in [6, 6.07) is 7.56. The molecule has 0 saturated heterocycles. The fourth-order valence-electron chi connectivity index (χ4n) is 2.61. The first-order chi connectivity index (χ1) is 10.9. The molecule has 1 aliphatic rings. The van der Waals surface area contributed by atoms with E-state index in [1.807, 2.05) is 42.8 Å². The molecule has 6 heteroatoms. The molecule has 0 spiro atoms. The van der Waals surface area contributed by atoms with Gasteiger partial charge in [0, 0.05) is 11.3 Å². The predicted molar refractivity (Wildman–Crippen MR) is 87.6 cm³/mol. The predicted octanol–water partition coefficient (Wildman–Crippen LogP) is 1.86. The standard InChI is InChI=1S/C17H22N4O2/c1-11(20-16(22)17(18)8-9-17)15-10-19-21(12(15)2)13-4-6-14(23-3)7-5-13/h4-7,10-11H,8-9,18H2,1-3H3,(H,20,22)/t11-/m1/s1. The number of aromatic nitrogens is 2. The smallest absolute Gasteiger partial charge is 0.240 e. The van der Waals surface area contributed by atoms with Crippen molar-refractivity contribution in [1.82, 2.24) is 15.1 Å². The number of methoxy groups -OCH3 is 1. The summed E-state index contributed by atoms with van der Waals surface area (Å²) in [7, 11) is 1.64. The molecule has 1 atom stereocenters. The van der Waals surface area contributed by atoms with Gasteiger partial charge in [-0.05, 0) is 51.0 Å². The minimum Gasteiger partial charge on any atom is -0.497 e. The van der Waals surface area contributed by atoms with Crippen LogP contribution in [0.5, 0.6) is 5.75 Å². The lowest BCUT2D eigenvalue weighted by molar-refractivity contribution is -0.123. The van der Waals surface area contributed by atoms with Gasteiger partial charge in [0.2, 0.25) is 5.91 Å². The number of benzene rings is 1. The summed E-state index contributed by atoms with van der Waals surface area (Å²) in [6.45, 7) is 3.94.